The molecule has 0 spiro atoms. The molecule has 0 aliphatic carbocycles. The van der Waals surface area contributed by atoms with Crippen molar-refractivity contribution in [1.82, 2.24) is 0 Å². The Bertz CT molecular complexity index is 1770. The molecular weight excluding hydrogens is 672 g/mol. The van der Waals surface area contributed by atoms with E-state index in [4.69, 9.17) is 28.4 Å². The molecule has 52 heavy (non-hydrogen) atoms. The quantitative estimate of drug-likeness (QED) is 0.0923. The Morgan fingerprint density at radius 1 is 0.308 bits per heavy atom. The maximum atomic E-state index is 11.2. The van der Waals surface area contributed by atoms with E-state index in [0.29, 0.717) is 22.6 Å². The van der Waals surface area contributed by atoms with Gasteiger partial charge in [-0.2, -0.15) is 0 Å². The number of carbonyl (C=O) groups excluding carboxylic acids is 6. The van der Waals surface area contributed by atoms with Crippen LogP contribution in [0.25, 0.3) is 24.3 Å². The average molecular weight is 709 g/mol. The summed E-state index contributed by atoms with van der Waals surface area (Å²) in [6.07, 6.45) is 7.20. The molecule has 0 atom stereocenters. The number of esters is 6. The van der Waals surface area contributed by atoms with Crippen molar-refractivity contribution in [2.45, 2.75) is 41.5 Å². The minimum absolute atomic E-state index is 0.279. The van der Waals surface area contributed by atoms with Crippen molar-refractivity contribution in [2.75, 3.05) is 0 Å². The first-order valence-electron chi connectivity index (χ1n) is 15.6. The van der Waals surface area contributed by atoms with Gasteiger partial charge in [0.05, 0.1) is 0 Å². The topological polar surface area (TPSA) is 158 Å². The van der Waals surface area contributed by atoms with Crippen LogP contribution in [0.4, 0.5) is 0 Å². The number of hydrogen-bond donors (Lipinski definition) is 0. The van der Waals surface area contributed by atoms with Crippen molar-refractivity contribution in [3.63, 3.8) is 0 Å². The summed E-state index contributed by atoms with van der Waals surface area (Å²) in [5.41, 5.74) is 3.11. The van der Waals surface area contributed by atoms with E-state index < -0.39 is 23.9 Å². The first-order valence-corrected chi connectivity index (χ1v) is 15.6. The molecule has 0 unspecified atom stereocenters. The van der Waals surface area contributed by atoms with E-state index in [1.165, 1.54) is 53.7 Å². The van der Waals surface area contributed by atoms with Crippen molar-refractivity contribution in [1.29, 1.82) is 0 Å². The maximum absolute atomic E-state index is 11.2. The number of hydrogen-bond acceptors (Lipinski definition) is 12. The van der Waals surface area contributed by atoms with Crippen LogP contribution in [-0.2, 0) is 28.8 Å². The smallest absolute Gasteiger partial charge is 0.308 e. The zero-order chi connectivity index (χ0) is 38.2. The van der Waals surface area contributed by atoms with E-state index in [9.17, 15) is 28.8 Å². The molecule has 0 N–H and O–H groups in total. The molecule has 4 aromatic carbocycles. The van der Waals surface area contributed by atoms with Gasteiger partial charge in [0, 0.05) is 53.7 Å². The first-order chi connectivity index (χ1) is 24.6. The zero-order valence-electron chi connectivity index (χ0n) is 29.3. The van der Waals surface area contributed by atoms with Gasteiger partial charge in [-0.3, -0.25) is 28.8 Å². The van der Waals surface area contributed by atoms with Crippen LogP contribution in [0, 0.1) is 0 Å². The fourth-order valence-corrected chi connectivity index (χ4v) is 4.29. The van der Waals surface area contributed by atoms with E-state index in [-0.39, 0.29) is 34.9 Å². The van der Waals surface area contributed by atoms with Crippen LogP contribution in [-0.4, -0.2) is 35.8 Å². The number of ether oxygens (including phenoxy) is 6. The Labute approximate surface area is 300 Å². The molecule has 4 rings (SSSR count). The third-order valence-corrected chi connectivity index (χ3v) is 6.07. The van der Waals surface area contributed by atoms with Gasteiger partial charge in [-0.1, -0.05) is 48.6 Å². The highest BCUT2D eigenvalue weighted by Gasteiger charge is 2.08. The predicted octanol–water partition coefficient (Wildman–Crippen LogP) is 7.27. The van der Waals surface area contributed by atoms with Gasteiger partial charge in [-0.15, -0.1) is 0 Å². The molecule has 268 valence electrons. The van der Waals surface area contributed by atoms with E-state index in [2.05, 4.69) is 0 Å². The van der Waals surface area contributed by atoms with E-state index in [1.54, 1.807) is 84.9 Å². The lowest BCUT2D eigenvalue weighted by molar-refractivity contribution is -0.133. The van der Waals surface area contributed by atoms with E-state index in [0.717, 1.165) is 11.1 Å². The van der Waals surface area contributed by atoms with Gasteiger partial charge in [-0.05, 0) is 70.8 Å². The van der Waals surface area contributed by atoms with Crippen LogP contribution >= 0.6 is 0 Å². The molecule has 12 heteroatoms. The largest absolute Gasteiger partial charge is 0.427 e. The lowest BCUT2D eigenvalue weighted by Crippen LogP contribution is -2.04. The molecule has 0 amide bonds. The third-order valence-electron chi connectivity index (χ3n) is 6.07. The Morgan fingerprint density at radius 3 is 0.750 bits per heavy atom. The van der Waals surface area contributed by atoms with Crippen molar-refractivity contribution >= 4 is 60.1 Å². The maximum Gasteiger partial charge on any atom is 0.308 e. The summed E-state index contributed by atoms with van der Waals surface area (Å²) in [4.78, 5) is 66.5. The van der Waals surface area contributed by atoms with Crippen LogP contribution in [0.15, 0.2) is 84.9 Å². The van der Waals surface area contributed by atoms with Crippen molar-refractivity contribution in [3.05, 3.63) is 107 Å². The third kappa shape index (κ3) is 15.2. The van der Waals surface area contributed by atoms with Gasteiger partial charge in [0.25, 0.3) is 0 Å². The summed E-state index contributed by atoms with van der Waals surface area (Å²) in [7, 11) is 0. The van der Waals surface area contributed by atoms with Gasteiger partial charge < -0.3 is 28.4 Å². The summed E-state index contributed by atoms with van der Waals surface area (Å²) in [5.74, 6) is -0.609. The molecule has 0 saturated heterocycles. The van der Waals surface area contributed by atoms with Crippen LogP contribution in [0.3, 0.4) is 0 Å². The van der Waals surface area contributed by atoms with Gasteiger partial charge in [0.2, 0.25) is 0 Å². The number of carbonyl (C=O) groups is 6. The summed E-state index contributed by atoms with van der Waals surface area (Å²) in [6.45, 7) is 7.84. The fraction of sp³-hybridized carbons (Fsp3) is 0.150. The second kappa shape index (κ2) is 19.4. The van der Waals surface area contributed by atoms with Crippen molar-refractivity contribution in [2.24, 2.45) is 0 Å². The van der Waals surface area contributed by atoms with Crippen LogP contribution in [0.2, 0.25) is 0 Å². The summed E-state index contributed by atoms with van der Waals surface area (Å²) < 4.78 is 30.2. The average Bonchev–Trinajstić information content (AvgIpc) is 3.02. The Kier molecular flexibility index (Phi) is 14.8. The summed E-state index contributed by atoms with van der Waals surface area (Å²) in [6, 6.07) is 23.4. The molecule has 4 aromatic rings. The van der Waals surface area contributed by atoms with Crippen molar-refractivity contribution < 1.29 is 57.2 Å². The van der Waals surface area contributed by atoms with E-state index in [1.807, 2.05) is 12.2 Å². The SMILES string of the molecule is CC(=O)Oc1ccc(C=Cc2cc(OC(C)=O)cc(OC(C)=O)c2)cc1.CC(=O)Oc1ccc(C=Cc2cc(OC(C)=O)cc(OC(C)=O)c2)cc1. The molecule has 12 nitrogen and oxygen atoms in total. The fourth-order valence-electron chi connectivity index (χ4n) is 4.29. The standard InChI is InChI=1S/2C20H18O6/c2*1-13(21)24-18-8-6-16(7-9-18)4-5-17-10-19(25-14(2)22)12-20(11-17)26-15(3)23/h2*4-12H,1-3H3. The Balaban J connectivity index is 0.000000280. The first kappa shape index (κ1) is 39.6. The van der Waals surface area contributed by atoms with Gasteiger partial charge in [-0.25, -0.2) is 0 Å². The molecular formula is C40H36O12. The summed E-state index contributed by atoms with van der Waals surface area (Å²) in [5, 5.41) is 0. The molecule has 0 aliphatic rings. The highest BCUT2D eigenvalue weighted by atomic mass is 16.6. The van der Waals surface area contributed by atoms with Crippen LogP contribution < -0.4 is 28.4 Å². The van der Waals surface area contributed by atoms with Gasteiger partial charge in [0.15, 0.2) is 0 Å². The van der Waals surface area contributed by atoms with Gasteiger partial charge in [0.1, 0.15) is 34.5 Å². The molecule has 0 bridgehead atoms. The molecule has 0 radical (unpaired) electrons. The lowest BCUT2D eigenvalue weighted by Gasteiger charge is -2.07. The second-order valence-electron chi connectivity index (χ2n) is 10.8. The predicted molar refractivity (Wildman–Crippen MR) is 191 cm³/mol. The highest BCUT2D eigenvalue weighted by Crippen LogP contribution is 2.27. The minimum Gasteiger partial charge on any atom is -0.427 e. The van der Waals surface area contributed by atoms with Gasteiger partial charge >= 0.3 is 35.8 Å². The molecule has 0 saturated carbocycles. The monoisotopic (exact) mass is 708 g/mol. The number of rotatable bonds is 10. The minimum atomic E-state index is -0.471. The molecule has 0 aliphatic heterocycles. The van der Waals surface area contributed by atoms with Crippen molar-refractivity contribution in [3.8, 4) is 34.5 Å². The molecule has 0 aromatic heterocycles. The number of benzene rings is 4. The molecule has 0 heterocycles. The van der Waals surface area contributed by atoms with Crippen LogP contribution in [0.5, 0.6) is 34.5 Å². The normalized spacial score (nSPS) is 10.4. The zero-order valence-corrected chi connectivity index (χ0v) is 29.3. The summed E-state index contributed by atoms with van der Waals surface area (Å²) >= 11 is 0. The second-order valence-corrected chi connectivity index (χ2v) is 10.8. The molecule has 0 fully saturated rings. The Morgan fingerprint density at radius 2 is 0.519 bits per heavy atom. The van der Waals surface area contributed by atoms with E-state index >= 15 is 0 Å². The lowest BCUT2D eigenvalue weighted by atomic mass is 10.1. The Hall–Kier alpha value is -6.82. The highest BCUT2D eigenvalue weighted by molar-refractivity contribution is 5.77. The van der Waals surface area contributed by atoms with Crippen LogP contribution in [0.1, 0.15) is 63.8 Å².